The third-order valence-electron chi connectivity index (χ3n) is 4.79. The van der Waals surface area contributed by atoms with E-state index in [1.165, 1.54) is 0 Å². The Kier molecular flexibility index (Phi) is 4.92. The molecular weight excluding hydrogens is 354 g/mol. The highest BCUT2D eigenvalue weighted by Crippen LogP contribution is 2.20. The van der Waals surface area contributed by atoms with Crippen molar-refractivity contribution in [3.05, 3.63) is 54.5 Å². The summed E-state index contributed by atoms with van der Waals surface area (Å²) in [5, 5.41) is 3.09. The van der Waals surface area contributed by atoms with E-state index in [2.05, 4.69) is 30.2 Å². The average Bonchev–Trinajstić information content (AvgIpc) is 3.40. The standard InChI is InChI=1S/C20H23N7O/c1-26(2)18-6-5-14(12-23-18)19(28)24-15-8-11-27(13-15)20-22-10-7-17(25-20)16-4-3-9-21-16/h3-7,9-10,12,15,21H,8,11,13H2,1-2H3,(H,24,28). The zero-order valence-electron chi connectivity index (χ0n) is 16.0. The van der Waals surface area contributed by atoms with Crippen molar-refractivity contribution in [2.24, 2.45) is 0 Å². The first-order valence-electron chi connectivity index (χ1n) is 9.26. The lowest BCUT2D eigenvalue weighted by atomic mass is 10.2. The minimum Gasteiger partial charge on any atom is -0.363 e. The molecule has 2 N–H and O–H groups in total. The topological polar surface area (TPSA) is 90.0 Å². The Hall–Kier alpha value is -3.42. The summed E-state index contributed by atoms with van der Waals surface area (Å²) in [6.45, 7) is 1.49. The van der Waals surface area contributed by atoms with Gasteiger partial charge in [-0.3, -0.25) is 4.79 Å². The third-order valence-corrected chi connectivity index (χ3v) is 4.79. The molecule has 144 valence electrons. The number of aromatic nitrogens is 4. The summed E-state index contributed by atoms with van der Waals surface area (Å²) in [6, 6.07) is 9.50. The number of carbonyl (C=O) groups is 1. The molecule has 4 heterocycles. The number of H-pyrrole nitrogens is 1. The summed E-state index contributed by atoms with van der Waals surface area (Å²) in [5.74, 6) is 1.40. The molecule has 0 spiro atoms. The molecule has 1 aliphatic rings. The van der Waals surface area contributed by atoms with Crippen molar-refractivity contribution in [1.29, 1.82) is 0 Å². The van der Waals surface area contributed by atoms with Gasteiger partial charge in [-0.25, -0.2) is 15.0 Å². The third kappa shape index (κ3) is 3.80. The van der Waals surface area contributed by atoms with E-state index in [9.17, 15) is 4.79 Å². The summed E-state index contributed by atoms with van der Waals surface area (Å²) in [7, 11) is 3.84. The first-order chi connectivity index (χ1) is 13.6. The van der Waals surface area contributed by atoms with Crippen LogP contribution in [0.1, 0.15) is 16.8 Å². The highest BCUT2D eigenvalue weighted by Gasteiger charge is 2.26. The summed E-state index contributed by atoms with van der Waals surface area (Å²) in [6.07, 6.45) is 6.10. The maximum Gasteiger partial charge on any atom is 0.253 e. The smallest absolute Gasteiger partial charge is 0.253 e. The first kappa shape index (κ1) is 18.0. The maximum atomic E-state index is 12.5. The van der Waals surface area contributed by atoms with E-state index < -0.39 is 0 Å². The van der Waals surface area contributed by atoms with E-state index in [-0.39, 0.29) is 11.9 Å². The average molecular weight is 377 g/mol. The van der Waals surface area contributed by atoms with Gasteiger partial charge < -0.3 is 20.1 Å². The zero-order valence-corrected chi connectivity index (χ0v) is 16.0. The zero-order chi connectivity index (χ0) is 19.5. The summed E-state index contributed by atoms with van der Waals surface area (Å²) in [4.78, 5) is 33.0. The summed E-state index contributed by atoms with van der Waals surface area (Å²) >= 11 is 0. The molecule has 1 amide bonds. The second kappa shape index (κ2) is 7.67. The number of nitrogens with zero attached hydrogens (tertiary/aromatic N) is 5. The van der Waals surface area contributed by atoms with E-state index in [0.29, 0.717) is 18.1 Å². The molecule has 4 rings (SSSR count). The Morgan fingerprint density at radius 1 is 1.25 bits per heavy atom. The number of rotatable bonds is 5. The van der Waals surface area contributed by atoms with Crippen molar-refractivity contribution < 1.29 is 4.79 Å². The molecule has 1 atom stereocenters. The van der Waals surface area contributed by atoms with Crippen LogP contribution in [0.5, 0.6) is 0 Å². The van der Waals surface area contributed by atoms with Gasteiger partial charge in [-0.15, -0.1) is 0 Å². The lowest BCUT2D eigenvalue weighted by molar-refractivity contribution is 0.0940. The van der Waals surface area contributed by atoms with Crippen LogP contribution in [0.15, 0.2) is 48.9 Å². The van der Waals surface area contributed by atoms with E-state index in [1.807, 2.05) is 49.5 Å². The van der Waals surface area contributed by atoms with Crippen molar-refractivity contribution in [3.8, 4) is 11.4 Å². The molecule has 0 aromatic carbocycles. The molecule has 1 fully saturated rings. The second-order valence-electron chi connectivity index (χ2n) is 7.03. The van der Waals surface area contributed by atoms with Gasteiger partial charge in [0.1, 0.15) is 5.82 Å². The van der Waals surface area contributed by atoms with Gasteiger partial charge in [0.25, 0.3) is 5.91 Å². The largest absolute Gasteiger partial charge is 0.363 e. The van der Waals surface area contributed by atoms with Gasteiger partial charge in [0.15, 0.2) is 0 Å². The van der Waals surface area contributed by atoms with Crippen molar-refractivity contribution in [2.45, 2.75) is 12.5 Å². The molecular formula is C20H23N7O. The fourth-order valence-corrected chi connectivity index (χ4v) is 3.25. The van der Waals surface area contributed by atoms with Gasteiger partial charge in [0, 0.05) is 51.8 Å². The van der Waals surface area contributed by atoms with E-state index in [4.69, 9.17) is 0 Å². The number of aromatic amines is 1. The number of nitrogens with one attached hydrogen (secondary N) is 2. The molecule has 0 saturated carbocycles. The summed E-state index contributed by atoms with van der Waals surface area (Å²) in [5.41, 5.74) is 2.38. The van der Waals surface area contributed by atoms with Gasteiger partial charge in [-0.2, -0.15) is 0 Å². The normalized spacial score (nSPS) is 16.2. The van der Waals surface area contributed by atoms with Gasteiger partial charge >= 0.3 is 0 Å². The fraction of sp³-hybridized carbons (Fsp3) is 0.300. The van der Waals surface area contributed by atoms with E-state index in [1.54, 1.807) is 18.5 Å². The number of amides is 1. The molecule has 8 nitrogen and oxygen atoms in total. The highest BCUT2D eigenvalue weighted by molar-refractivity contribution is 5.94. The number of carbonyl (C=O) groups excluding carboxylic acids is 1. The lowest BCUT2D eigenvalue weighted by Gasteiger charge is -2.17. The van der Waals surface area contributed by atoms with Crippen molar-refractivity contribution >= 4 is 17.7 Å². The van der Waals surface area contributed by atoms with Crippen LogP contribution in [-0.2, 0) is 0 Å². The van der Waals surface area contributed by atoms with Crippen LogP contribution in [0.25, 0.3) is 11.4 Å². The van der Waals surface area contributed by atoms with Gasteiger partial charge in [0.05, 0.1) is 17.0 Å². The first-order valence-corrected chi connectivity index (χ1v) is 9.26. The van der Waals surface area contributed by atoms with Crippen LogP contribution in [0.3, 0.4) is 0 Å². The Labute approximate surface area is 163 Å². The Morgan fingerprint density at radius 2 is 2.14 bits per heavy atom. The van der Waals surface area contributed by atoms with Gasteiger partial charge in [0.2, 0.25) is 5.95 Å². The van der Waals surface area contributed by atoms with Crippen LogP contribution >= 0.6 is 0 Å². The number of hydrogen-bond donors (Lipinski definition) is 2. The molecule has 0 aliphatic carbocycles. The van der Waals surface area contributed by atoms with E-state index in [0.717, 1.165) is 30.2 Å². The predicted octanol–water partition coefficient (Wildman–Crippen LogP) is 1.94. The molecule has 1 unspecified atom stereocenters. The SMILES string of the molecule is CN(C)c1ccc(C(=O)NC2CCN(c3nccc(-c4ccc[nH]4)n3)C2)cn1. The van der Waals surface area contributed by atoms with Gasteiger partial charge in [-0.05, 0) is 36.8 Å². The predicted molar refractivity (Wildman–Crippen MR) is 108 cm³/mol. The Balaban J connectivity index is 1.39. The van der Waals surface area contributed by atoms with Crippen LogP contribution in [0.4, 0.5) is 11.8 Å². The minimum atomic E-state index is -0.106. The van der Waals surface area contributed by atoms with Crippen molar-refractivity contribution in [3.63, 3.8) is 0 Å². The number of hydrogen-bond acceptors (Lipinski definition) is 6. The van der Waals surface area contributed by atoms with E-state index >= 15 is 0 Å². The highest BCUT2D eigenvalue weighted by atomic mass is 16.1. The van der Waals surface area contributed by atoms with Crippen LogP contribution in [0.2, 0.25) is 0 Å². The van der Waals surface area contributed by atoms with Crippen LogP contribution < -0.4 is 15.1 Å². The fourth-order valence-electron chi connectivity index (χ4n) is 3.25. The van der Waals surface area contributed by atoms with Gasteiger partial charge in [-0.1, -0.05) is 0 Å². The Morgan fingerprint density at radius 3 is 2.86 bits per heavy atom. The molecule has 28 heavy (non-hydrogen) atoms. The van der Waals surface area contributed by atoms with Crippen LogP contribution in [0, 0.1) is 0 Å². The molecule has 8 heteroatoms. The molecule has 1 saturated heterocycles. The van der Waals surface area contributed by atoms with Crippen molar-refractivity contribution in [2.75, 3.05) is 37.0 Å². The Bertz CT molecular complexity index is 937. The quantitative estimate of drug-likeness (QED) is 0.706. The monoisotopic (exact) mass is 377 g/mol. The molecule has 1 aliphatic heterocycles. The molecule has 0 radical (unpaired) electrons. The minimum absolute atomic E-state index is 0.0544. The van der Waals surface area contributed by atoms with Crippen LogP contribution in [-0.4, -0.2) is 59.1 Å². The molecule has 3 aromatic heterocycles. The van der Waals surface area contributed by atoms with Crippen molar-refractivity contribution in [1.82, 2.24) is 25.3 Å². The summed E-state index contributed by atoms with van der Waals surface area (Å²) < 4.78 is 0. The lowest BCUT2D eigenvalue weighted by Crippen LogP contribution is -2.37. The molecule has 3 aromatic rings. The second-order valence-corrected chi connectivity index (χ2v) is 7.03. The number of anilines is 2. The number of pyridine rings is 1. The maximum absolute atomic E-state index is 12.5. The molecule has 0 bridgehead atoms.